The van der Waals surface area contributed by atoms with E-state index in [1.54, 1.807) is 24.3 Å². The van der Waals surface area contributed by atoms with Crippen LogP contribution in [0.1, 0.15) is 21.7 Å². The Morgan fingerprint density at radius 2 is 1.85 bits per heavy atom. The summed E-state index contributed by atoms with van der Waals surface area (Å²) in [5.41, 5.74) is 0.904. The van der Waals surface area contributed by atoms with Crippen molar-refractivity contribution in [1.29, 1.82) is 0 Å². The zero-order valence-electron chi connectivity index (χ0n) is 17.8. The van der Waals surface area contributed by atoms with Gasteiger partial charge >= 0.3 is 6.18 Å². The molecule has 0 bridgehead atoms. The van der Waals surface area contributed by atoms with Gasteiger partial charge < -0.3 is 4.74 Å². The number of thiazole rings is 1. The number of para-hydroxylation sites is 1. The van der Waals surface area contributed by atoms with E-state index >= 15 is 0 Å². The number of hydrogen-bond acceptors (Lipinski definition) is 6. The first kappa shape index (κ1) is 21.8. The van der Waals surface area contributed by atoms with Crippen LogP contribution >= 0.6 is 11.3 Å². The van der Waals surface area contributed by atoms with E-state index in [4.69, 9.17) is 4.74 Å². The summed E-state index contributed by atoms with van der Waals surface area (Å²) >= 11 is 1.27. The zero-order valence-corrected chi connectivity index (χ0v) is 18.7. The fraction of sp³-hybridized carbons (Fsp3) is 0.130. The van der Waals surface area contributed by atoms with Crippen LogP contribution in [0.5, 0.6) is 5.75 Å². The number of hydrogen-bond donors (Lipinski definition) is 1. The number of aromatic nitrogens is 4. The molecule has 0 atom stereocenters. The van der Waals surface area contributed by atoms with E-state index in [1.165, 1.54) is 24.5 Å². The highest BCUT2D eigenvalue weighted by Crippen LogP contribution is 2.33. The molecule has 0 spiro atoms. The summed E-state index contributed by atoms with van der Waals surface area (Å²) < 4.78 is 48.1. The van der Waals surface area contributed by atoms with Crippen LogP contribution in [0.3, 0.4) is 0 Å². The molecule has 0 radical (unpaired) electrons. The van der Waals surface area contributed by atoms with E-state index in [-0.39, 0.29) is 17.0 Å². The molecule has 1 amide bonds. The van der Waals surface area contributed by atoms with Crippen molar-refractivity contribution in [3.63, 3.8) is 0 Å². The minimum Gasteiger partial charge on any atom is -0.497 e. The molecular weight excluding hydrogens is 467 g/mol. The number of benzene rings is 2. The highest BCUT2D eigenvalue weighted by molar-refractivity contribution is 7.22. The van der Waals surface area contributed by atoms with E-state index < -0.39 is 17.8 Å². The third-order valence-electron chi connectivity index (χ3n) is 5.18. The standard InChI is InChI=1S/C23H16F3N5O2S/c1-12-4-3-5-17-20(12)28-22(34-17)29-21(32)16-11-19-27-15(13-6-8-14(33-2)9-7-13)10-18(23(24,25)26)31(19)30-16/h3-11H,1-2H3,(H,28,29,32). The summed E-state index contributed by atoms with van der Waals surface area (Å²) in [6, 6.07) is 14.3. The first-order valence-electron chi connectivity index (χ1n) is 10.0. The number of rotatable bonds is 4. The molecule has 0 aliphatic heterocycles. The third-order valence-corrected chi connectivity index (χ3v) is 6.11. The topological polar surface area (TPSA) is 81.4 Å². The molecule has 3 heterocycles. The maximum atomic E-state index is 13.8. The number of ether oxygens (including phenoxy) is 1. The second kappa shape index (κ2) is 8.10. The van der Waals surface area contributed by atoms with Gasteiger partial charge in [-0.2, -0.15) is 18.3 Å². The number of alkyl halides is 3. The molecule has 3 aromatic heterocycles. The van der Waals surface area contributed by atoms with Crippen LogP contribution < -0.4 is 10.1 Å². The first-order valence-corrected chi connectivity index (χ1v) is 10.8. The lowest BCUT2D eigenvalue weighted by Crippen LogP contribution is -2.15. The molecule has 5 aromatic rings. The van der Waals surface area contributed by atoms with Gasteiger partial charge in [-0.1, -0.05) is 23.5 Å². The maximum Gasteiger partial charge on any atom is 0.433 e. The van der Waals surface area contributed by atoms with Gasteiger partial charge in [0, 0.05) is 11.6 Å². The molecule has 34 heavy (non-hydrogen) atoms. The predicted octanol–water partition coefficient (Wildman–Crippen LogP) is 5.59. The van der Waals surface area contributed by atoms with Crippen molar-refractivity contribution in [2.75, 3.05) is 12.4 Å². The first-order chi connectivity index (χ1) is 16.2. The molecule has 7 nitrogen and oxygen atoms in total. The van der Waals surface area contributed by atoms with Gasteiger partial charge in [0.25, 0.3) is 5.91 Å². The van der Waals surface area contributed by atoms with E-state index in [0.29, 0.717) is 21.0 Å². The lowest BCUT2D eigenvalue weighted by molar-refractivity contribution is -0.142. The van der Waals surface area contributed by atoms with E-state index in [2.05, 4.69) is 20.4 Å². The van der Waals surface area contributed by atoms with Crippen molar-refractivity contribution in [2.24, 2.45) is 0 Å². The van der Waals surface area contributed by atoms with Crippen LogP contribution in [0.15, 0.2) is 54.6 Å². The van der Waals surface area contributed by atoms with Crippen LogP contribution in [-0.4, -0.2) is 32.6 Å². The van der Waals surface area contributed by atoms with Crippen molar-refractivity contribution in [3.05, 3.63) is 71.5 Å². The average Bonchev–Trinajstić information content (AvgIpc) is 3.42. The summed E-state index contributed by atoms with van der Waals surface area (Å²) in [4.78, 5) is 21.5. The fourth-order valence-corrected chi connectivity index (χ4v) is 4.44. The number of aryl methyl sites for hydroxylation is 1. The molecule has 0 aliphatic carbocycles. The van der Waals surface area contributed by atoms with Crippen LogP contribution in [0, 0.1) is 6.92 Å². The number of halogens is 3. The monoisotopic (exact) mass is 483 g/mol. The summed E-state index contributed by atoms with van der Waals surface area (Å²) in [6.07, 6.45) is -4.72. The van der Waals surface area contributed by atoms with Crippen molar-refractivity contribution in [1.82, 2.24) is 19.6 Å². The van der Waals surface area contributed by atoms with Crippen LogP contribution in [0.25, 0.3) is 27.1 Å². The van der Waals surface area contributed by atoms with Gasteiger partial charge in [-0.15, -0.1) is 0 Å². The molecule has 5 rings (SSSR count). The molecule has 0 unspecified atom stereocenters. The van der Waals surface area contributed by atoms with Gasteiger partial charge in [0.05, 0.1) is 23.0 Å². The number of nitrogens with zero attached hydrogens (tertiary/aromatic N) is 4. The molecular formula is C23H16F3N5O2S. The van der Waals surface area contributed by atoms with Crippen molar-refractivity contribution in [3.8, 4) is 17.0 Å². The third kappa shape index (κ3) is 3.94. The fourth-order valence-electron chi connectivity index (χ4n) is 3.50. The Kier molecular flexibility index (Phi) is 5.20. The van der Waals surface area contributed by atoms with Gasteiger partial charge in [-0.25, -0.2) is 14.5 Å². The Hall–Kier alpha value is -3.99. The van der Waals surface area contributed by atoms with Crippen molar-refractivity contribution < 1.29 is 22.7 Å². The zero-order chi connectivity index (χ0) is 24.0. The number of fused-ring (bicyclic) bond motifs is 2. The van der Waals surface area contributed by atoms with E-state index in [1.807, 2.05) is 25.1 Å². The Balaban J connectivity index is 1.54. The van der Waals surface area contributed by atoms with E-state index in [0.717, 1.165) is 21.8 Å². The molecule has 0 fully saturated rings. The summed E-state index contributed by atoms with van der Waals surface area (Å²) in [5.74, 6) is -0.115. The highest BCUT2D eigenvalue weighted by atomic mass is 32.1. The van der Waals surface area contributed by atoms with Gasteiger partial charge in [0.2, 0.25) is 0 Å². The predicted molar refractivity (Wildman–Crippen MR) is 122 cm³/mol. The Morgan fingerprint density at radius 3 is 2.53 bits per heavy atom. The van der Waals surface area contributed by atoms with Gasteiger partial charge in [0.15, 0.2) is 22.2 Å². The van der Waals surface area contributed by atoms with Gasteiger partial charge in [0.1, 0.15) is 5.75 Å². The molecule has 1 N–H and O–H groups in total. The number of methoxy groups -OCH3 is 1. The van der Waals surface area contributed by atoms with E-state index in [9.17, 15) is 18.0 Å². The SMILES string of the molecule is COc1ccc(-c2cc(C(F)(F)F)n3nc(C(=O)Nc4nc5c(C)cccc5s4)cc3n2)cc1. The van der Waals surface area contributed by atoms with Gasteiger partial charge in [-0.05, 0) is 48.9 Å². The Morgan fingerprint density at radius 1 is 1.09 bits per heavy atom. The van der Waals surface area contributed by atoms with Gasteiger partial charge in [-0.3, -0.25) is 10.1 Å². The summed E-state index contributed by atoms with van der Waals surface area (Å²) in [6.45, 7) is 1.90. The minimum absolute atomic E-state index is 0.0935. The van der Waals surface area contributed by atoms with Crippen molar-refractivity contribution >= 4 is 38.2 Å². The second-order valence-corrected chi connectivity index (χ2v) is 8.48. The minimum atomic E-state index is -4.72. The molecule has 172 valence electrons. The summed E-state index contributed by atoms with van der Waals surface area (Å²) in [7, 11) is 1.50. The molecule has 2 aromatic carbocycles. The smallest absolute Gasteiger partial charge is 0.433 e. The molecule has 0 aliphatic rings. The summed E-state index contributed by atoms with van der Waals surface area (Å²) in [5, 5.41) is 6.84. The number of nitrogens with one attached hydrogen (secondary N) is 1. The largest absolute Gasteiger partial charge is 0.497 e. The maximum absolute atomic E-state index is 13.8. The quantitative estimate of drug-likeness (QED) is 0.360. The second-order valence-electron chi connectivity index (χ2n) is 7.45. The number of amides is 1. The molecule has 0 saturated carbocycles. The molecule has 11 heteroatoms. The number of anilines is 1. The highest BCUT2D eigenvalue weighted by Gasteiger charge is 2.35. The van der Waals surface area contributed by atoms with Crippen LogP contribution in [0.2, 0.25) is 0 Å². The lowest BCUT2D eigenvalue weighted by Gasteiger charge is -2.11. The number of carbonyl (C=O) groups is 1. The normalized spacial score (nSPS) is 11.8. The van der Waals surface area contributed by atoms with Crippen LogP contribution in [0.4, 0.5) is 18.3 Å². The lowest BCUT2D eigenvalue weighted by atomic mass is 10.1. The Labute approximate surface area is 194 Å². The van der Waals surface area contributed by atoms with Crippen molar-refractivity contribution in [2.45, 2.75) is 13.1 Å². The van der Waals surface area contributed by atoms with Crippen LogP contribution in [-0.2, 0) is 6.18 Å². The Bertz CT molecular complexity index is 1540. The number of carbonyl (C=O) groups excluding carboxylic acids is 1. The molecule has 0 saturated heterocycles. The average molecular weight is 483 g/mol.